The third kappa shape index (κ3) is 2.73. The van der Waals surface area contributed by atoms with Crippen LogP contribution in [-0.2, 0) is 4.79 Å². The van der Waals surface area contributed by atoms with Gasteiger partial charge in [0.05, 0.1) is 11.0 Å². The van der Waals surface area contributed by atoms with Gasteiger partial charge in [0.2, 0.25) is 0 Å². The Morgan fingerprint density at radius 2 is 2.33 bits per heavy atom. The van der Waals surface area contributed by atoms with Crippen molar-refractivity contribution in [1.29, 1.82) is 0 Å². The minimum Gasteiger partial charge on any atom is -0.379 e. The number of hydrogen-bond acceptors (Lipinski definition) is 4. The zero-order chi connectivity index (χ0) is 15.0. The van der Waals surface area contributed by atoms with Crippen LogP contribution < -0.4 is 5.32 Å². The van der Waals surface area contributed by atoms with Gasteiger partial charge in [0.25, 0.3) is 12.3 Å². The first-order valence-corrected chi connectivity index (χ1v) is 7.53. The maximum Gasteiger partial charge on any atom is 0.295 e. The van der Waals surface area contributed by atoms with Crippen molar-refractivity contribution < 1.29 is 18.7 Å². The molecule has 0 aliphatic carbocycles. The number of carbonyl (C=O) groups excluding carboxylic acids is 1. The number of amides is 1. The molecule has 1 unspecified atom stereocenters. The predicted molar refractivity (Wildman–Crippen MR) is 76.6 cm³/mol. The third-order valence-corrected chi connectivity index (χ3v) is 4.56. The smallest absolute Gasteiger partial charge is 0.295 e. The van der Waals surface area contributed by atoms with Crippen molar-refractivity contribution in [2.24, 2.45) is 0 Å². The van der Waals surface area contributed by atoms with Crippen molar-refractivity contribution in [3.05, 3.63) is 24.0 Å². The Kier molecular flexibility index (Phi) is 3.58. The topological polar surface area (TPSA) is 78.0 Å². The van der Waals surface area contributed by atoms with E-state index in [0.717, 1.165) is 5.75 Å². The number of anilines is 1. The number of imidazole rings is 1. The van der Waals surface area contributed by atoms with Crippen LogP contribution in [0.5, 0.6) is 0 Å². The average molecular weight is 313 g/mol. The summed E-state index contributed by atoms with van der Waals surface area (Å²) in [7, 11) is 0. The molecule has 2 heterocycles. The molecule has 3 N–H and O–H groups in total. The lowest BCUT2D eigenvalue weighted by molar-refractivity contribution is -0.131. The molecule has 1 aliphatic rings. The van der Waals surface area contributed by atoms with Crippen molar-refractivity contribution in [2.45, 2.75) is 18.4 Å². The fourth-order valence-corrected chi connectivity index (χ4v) is 3.43. The van der Waals surface area contributed by atoms with Crippen LogP contribution in [0.2, 0.25) is 0 Å². The molecule has 21 heavy (non-hydrogen) atoms. The van der Waals surface area contributed by atoms with Crippen molar-refractivity contribution in [3.63, 3.8) is 0 Å². The minimum absolute atomic E-state index is 0.362. The van der Waals surface area contributed by atoms with Crippen LogP contribution in [-0.4, -0.2) is 38.1 Å². The number of carbonyl (C=O) groups is 1. The number of halogens is 2. The molecule has 1 amide bonds. The highest BCUT2D eigenvalue weighted by atomic mass is 32.2. The fraction of sp³-hybridized carbons (Fsp3) is 0.385. The number of fused-ring (bicyclic) bond motifs is 1. The predicted octanol–water partition coefficient (Wildman–Crippen LogP) is 2.31. The van der Waals surface area contributed by atoms with E-state index in [4.69, 9.17) is 0 Å². The van der Waals surface area contributed by atoms with E-state index in [-0.39, 0.29) is 0 Å². The molecule has 1 aliphatic heterocycles. The van der Waals surface area contributed by atoms with Gasteiger partial charge in [-0.15, -0.1) is 0 Å². The summed E-state index contributed by atoms with van der Waals surface area (Å²) in [6.45, 7) is 0. The largest absolute Gasteiger partial charge is 0.379 e. The van der Waals surface area contributed by atoms with Gasteiger partial charge in [0, 0.05) is 11.4 Å². The second-order valence-electron chi connectivity index (χ2n) is 4.94. The van der Waals surface area contributed by atoms with Gasteiger partial charge in [0.1, 0.15) is 0 Å². The molecule has 5 nitrogen and oxygen atoms in total. The van der Waals surface area contributed by atoms with Crippen LogP contribution in [0.15, 0.2) is 18.2 Å². The highest BCUT2D eigenvalue weighted by Gasteiger charge is 2.39. The number of alkyl halides is 2. The van der Waals surface area contributed by atoms with E-state index in [1.807, 2.05) is 0 Å². The summed E-state index contributed by atoms with van der Waals surface area (Å²) in [4.78, 5) is 18.3. The second kappa shape index (κ2) is 5.27. The van der Waals surface area contributed by atoms with Gasteiger partial charge >= 0.3 is 0 Å². The van der Waals surface area contributed by atoms with Crippen LogP contribution >= 0.6 is 11.8 Å². The number of aliphatic hydroxyl groups is 1. The number of aromatic nitrogens is 2. The molecular weight excluding hydrogens is 300 g/mol. The lowest BCUT2D eigenvalue weighted by atomic mass is 10.0. The number of rotatable bonds is 3. The maximum atomic E-state index is 12.6. The summed E-state index contributed by atoms with van der Waals surface area (Å²) in [5, 5.41) is 12.8. The first kappa shape index (κ1) is 14.3. The molecule has 3 rings (SSSR count). The zero-order valence-corrected chi connectivity index (χ0v) is 11.7. The second-order valence-corrected chi connectivity index (χ2v) is 6.05. The quantitative estimate of drug-likeness (QED) is 0.812. The lowest BCUT2D eigenvalue weighted by Crippen LogP contribution is -2.42. The van der Waals surface area contributed by atoms with Crippen LogP contribution in [0.25, 0.3) is 11.0 Å². The number of aromatic amines is 1. The van der Waals surface area contributed by atoms with E-state index in [9.17, 15) is 18.7 Å². The molecule has 1 fully saturated rings. The first-order valence-electron chi connectivity index (χ1n) is 6.37. The molecule has 0 bridgehead atoms. The summed E-state index contributed by atoms with van der Waals surface area (Å²) < 4.78 is 25.1. The van der Waals surface area contributed by atoms with Gasteiger partial charge < -0.3 is 15.4 Å². The molecule has 0 saturated carbocycles. The van der Waals surface area contributed by atoms with E-state index < -0.39 is 23.8 Å². The molecule has 1 saturated heterocycles. The molecule has 1 aromatic carbocycles. The van der Waals surface area contributed by atoms with Gasteiger partial charge in [-0.05, 0) is 30.4 Å². The van der Waals surface area contributed by atoms with E-state index in [1.165, 1.54) is 17.8 Å². The molecule has 1 aromatic heterocycles. The Morgan fingerprint density at radius 1 is 1.52 bits per heavy atom. The highest BCUT2D eigenvalue weighted by molar-refractivity contribution is 7.99. The van der Waals surface area contributed by atoms with Crippen LogP contribution in [0, 0.1) is 0 Å². The fourth-order valence-electron chi connectivity index (χ4n) is 2.19. The molecule has 8 heteroatoms. The van der Waals surface area contributed by atoms with Crippen molar-refractivity contribution in [3.8, 4) is 0 Å². The summed E-state index contributed by atoms with van der Waals surface area (Å²) >= 11 is 1.52. The van der Waals surface area contributed by atoms with Crippen LogP contribution in [0.4, 0.5) is 14.5 Å². The maximum absolute atomic E-state index is 12.6. The zero-order valence-electron chi connectivity index (χ0n) is 10.9. The summed E-state index contributed by atoms with van der Waals surface area (Å²) in [5.41, 5.74) is -0.113. The van der Waals surface area contributed by atoms with E-state index in [1.54, 1.807) is 12.1 Å². The Hall–Kier alpha value is -1.67. The van der Waals surface area contributed by atoms with E-state index in [0.29, 0.717) is 28.9 Å². The number of H-pyrrole nitrogens is 1. The molecule has 0 radical (unpaired) electrons. The number of nitrogens with zero attached hydrogens (tertiary/aromatic N) is 1. The molecular formula is C13H13F2N3O2S. The van der Waals surface area contributed by atoms with Crippen LogP contribution in [0.3, 0.4) is 0 Å². The monoisotopic (exact) mass is 313 g/mol. The Labute approximate surface area is 123 Å². The normalized spacial score (nSPS) is 22.1. The number of thioether (sulfide) groups is 1. The van der Waals surface area contributed by atoms with E-state index in [2.05, 4.69) is 15.3 Å². The van der Waals surface area contributed by atoms with Crippen molar-refractivity contribution in [2.75, 3.05) is 16.8 Å². The van der Waals surface area contributed by atoms with Crippen LogP contribution in [0.1, 0.15) is 18.7 Å². The van der Waals surface area contributed by atoms with Gasteiger partial charge in [-0.2, -0.15) is 11.8 Å². The first-order chi connectivity index (χ1) is 9.98. The number of benzene rings is 1. The summed E-state index contributed by atoms with van der Waals surface area (Å²) in [6.07, 6.45) is -2.27. The van der Waals surface area contributed by atoms with Crippen molar-refractivity contribution >= 4 is 34.4 Å². The summed E-state index contributed by atoms with van der Waals surface area (Å²) in [6, 6.07) is 4.64. The van der Waals surface area contributed by atoms with Gasteiger partial charge in [0.15, 0.2) is 11.4 Å². The van der Waals surface area contributed by atoms with Crippen molar-refractivity contribution in [1.82, 2.24) is 9.97 Å². The van der Waals surface area contributed by atoms with Gasteiger partial charge in [-0.25, -0.2) is 13.8 Å². The molecule has 0 spiro atoms. The van der Waals surface area contributed by atoms with E-state index >= 15 is 0 Å². The molecule has 112 valence electrons. The average Bonchev–Trinajstić information content (AvgIpc) is 3.05. The van der Waals surface area contributed by atoms with Gasteiger partial charge in [-0.1, -0.05) is 0 Å². The standard InChI is InChI=1S/C13H13F2N3O2S/c14-10(15)11-17-8-2-1-7(5-9(8)18-11)16-12(19)13(20)3-4-21-6-13/h1-2,5,10,20H,3-4,6H2,(H,16,19)(H,17,18). The Balaban J connectivity index is 1.82. The SMILES string of the molecule is O=C(Nc1ccc2nc(C(F)F)[nH]c2c1)C1(O)CCSC1. The molecule has 2 aromatic rings. The lowest BCUT2D eigenvalue weighted by Gasteiger charge is -2.20. The number of hydrogen-bond donors (Lipinski definition) is 3. The highest BCUT2D eigenvalue weighted by Crippen LogP contribution is 2.29. The molecule has 1 atom stereocenters. The Bertz CT molecular complexity index is 683. The van der Waals surface area contributed by atoms with Gasteiger partial charge in [-0.3, -0.25) is 4.79 Å². The number of nitrogens with one attached hydrogen (secondary N) is 2. The third-order valence-electron chi connectivity index (χ3n) is 3.39. The summed E-state index contributed by atoms with van der Waals surface area (Å²) in [5.74, 6) is 0.224. The minimum atomic E-state index is -2.67. The Morgan fingerprint density at radius 3 is 3.00 bits per heavy atom.